The van der Waals surface area contributed by atoms with Crippen LogP contribution in [-0.4, -0.2) is 46.8 Å². The molecule has 1 aromatic rings. The number of non-ortho nitro benzene ring substituents is 1. The molecule has 0 saturated carbocycles. The second-order valence-corrected chi connectivity index (χ2v) is 5.45. The lowest BCUT2D eigenvalue weighted by molar-refractivity contribution is -0.384. The first-order valence-electron chi connectivity index (χ1n) is 6.64. The molecule has 7 heteroatoms. The van der Waals surface area contributed by atoms with Crippen LogP contribution in [0.4, 0.5) is 5.69 Å². The first kappa shape index (κ1) is 17.6. The quantitative estimate of drug-likeness (QED) is 0.447. The summed E-state index contributed by atoms with van der Waals surface area (Å²) >= 11 is 0. The van der Waals surface area contributed by atoms with Crippen molar-refractivity contribution in [2.24, 2.45) is 5.41 Å². The Morgan fingerprint density at radius 2 is 1.95 bits per heavy atom. The second kappa shape index (κ2) is 7.54. The first-order valence-corrected chi connectivity index (χ1v) is 6.64. The molecular formula is C15H19N3O4. The smallest absolute Gasteiger partial charge is 0.269 e. The molecule has 0 unspecified atom stereocenters. The number of nitro groups is 1. The maximum absolute atomic E-state index is 10.7. The molecule has 0 fully saturated rings. The zero-order valence-corrected chi connectivity index (χ0v) is 12.6. The van der Waals surface area contributed by atoms with E-state index in [9.17, 15) is 20.3 Å². The van der Waals surface area contributed by atoms with Crippen molar-refractivity contribution in [2.75, 3.05) is 26.8 Å². The van der Waals surface area contributed by atoms with Gasteiger partial charge in [0, 0.05) is 37.2 Å². The normalized spacial score (nSPS) is 11.9. The van der Waals surface area contributed by atoms with Crippen molar-refractivity contribution >= 4 is 11.4 Å². The van der Waals surface area contributed by atoms with E-state index in [-0.39, 0.29) is 18.9 Å². The van der Waals surface area contributed by atoms with Gasteiger partial charge in [0.1, 0.15) is 0 Å². The number of hydrogen-bond acceptors (Lipinski definition) is 6. The summed E-state index contributed by atoms with van der Waals surface area (Å²) in [7, 11) is 1.73. The number of aliphatic hydroxyl groups excluding tert-OH is 2. The lowest BCUT2D eigenvalue weighted by Gasteiger charge is -2.32. The summed E-state index contributed by atoms with van der Waals surface area (Å²) in [4.78, 5) is 11.9. The molecule has 0 radical (unpaired) electrons. The summed E-state index contributed by atoms with van der Waals surface area (Å²) in [6.07, 6.45) is 1.33. The molecule has 22 heavy (non-hydrogen) atoms. The molecule has 0 saturated heterocycles. The molecule has 0 amide bonds. The standard InChI is InChI=1S/C15H19N3O4/c1-15(10-19,11-20)9-17(2)14(7-8-16)12-3-5-13(6-4-12)18(21)22/h3-7,19-20H,9-11H2,1-2H3/b14-7+. The van der Waals surface area contributed by atoms with Gasteiger partial charge in [-0.25, -0.2) is 0 Å². The lowest BCUT2D eigenvalue weighted by atomic mass is 9.92. The molecular weight excluding hydrogens is 286 g/mol. The van der Waals surface area contributed by atoms with Crippen molar-refractivity contribution in [3.05, 3.63) is 46.0 Å². The van der Waals surface area contributed by atoms with Gasteiger partial charge in [0.25, 0.3) is 5.69 Å². The highest BCUT2D eigenvalue weighted by Gasteiger charge is 2.25. The molecule has 0 aliphatic heterocycles. The van der Waals surface area contributed by atoms with Gasteiger partial charge < -0.3 is 15.1 Å². The van der Waals surface area contributed by atoms with Crippen LogP contribution in [0.3, 0.4) is 0 Å². The Morgan fingerprint density at radius 3 is 2.36 bits per heavy atom. The molecule has 7 nitrogen and oxygen atoms in total. The van der Waals surface area contributed by atoms with Crippen molar-refractivity contribution in [1.29, 1.82) is 5.26 Å². The minimum atomic E-state index is -0.718. The second-order valence-electron chi connectivity index (χ2n) is 5.45. The maximum atomic E-state index is 10.7. The minimum Gasteiger partial charge on any atom is -0.396 e. The van der Waals surface area contributed by atoms with Gasteiger partial charge in [-0.1, -0.05) is 6.92 Å². The molecule has 0 aromatic heterocycles. The van der Waals surface area contributed by atoms with Gasteiger partial charge >= 0.3 is 0 Å². The molecule has 1 aromatic carbocycles. The number of allylic oxidation sites excluding steroid dienone is 1. The highest BCUT2D eigenvalue weighted by Crippen LogP contribution is 2.25. The van der Waals surface area contributed by atoms with E-state index in [1.54, 1.807) is 31.0 Å². The summed E-state index contributed by atoms with van der Waals surface area (Å²) in [6.45, 7) is 1.65. The van der Waals surface area contributed by atoms with Crippen molar-refractivity contribution in [2.45, 2.75) is 6.92 Å². The Balaban J connectivity index is 3.06. The Kier molecular flexibility index (Phi) is 6.04. The van der Waals surface area contributed by atoms with Gasteiger partial charge in [-0.3, -0.25) is 10.1 Å². The van der Waals surface area contributed by atoms with Crippen molar-refractivity contribution in [1.82, 2.24) is 4.90 Å². The molecule has 2 N–H and O–H groups in total. The number of aliphatic hydroxyl groups is 2. The number of nitro benzene ring substituents is 1. The minimum absolute atomic E-state index is 0.0294. The van der Waals surface area contributed by atoms with Crippen LogP contribution in [0.15, 0.2) is 30.3 Å². The van der Waals surface area contributed by atoms with Gasteiger partial charge in [0.15, 0.2) is 0 Å². The fraction of sp³-hybridized carbons (Fsp3) is 0.400. The molecule has 0 aliphatic carbocycles. The van der Waals surface area contributed by atoms with E-state index in [0.717, 1.165) is 0 Å². The Morgan fingerprint density at radius 1 is 1.41 bits per heavy atom. The van der Waals surface area contributed by atoms with E-state index in [0.29, 0.717) is 17.8 Å². The highest BCUT2D eigenvalue weighted by atomic mass is 16.6. The maximum Gasteiger partial charge on any atom is 0.269 e. The average molecular weight is 305 g/mol. The first-order chi connectivity index (χ1) is 10.4. The predicted molar refractivity (Wildman–Crippen MR) is 81.6 cm³/mol. The van der Waals surface area contributed by atoms with Crippen LogP contribution in [0.2, 0.25) is 0 Å². The average Bonchev–Trinajstić information content (AvgIpc) is 2.52. The SMILES string of the molecule is CN(CC(C)(CO)CO)/C(=C/C#N)c1ccc([N+](=O)[O-])cc1. The van der Waals surface area contributed by atoms with Gasteiger partial charge in [0.2, 0.25) is 0 Å². The monoisotopic (exact) mass is 305 g/mol. The molecule has 1 rings (SSSR count). The predicted octanol–water partition coefficient (Wildman–Crippen LogP) is 1.38. The Labute approximate surface area is 128 Å². The number of nitriles is 1. The molecule has 0 aliphatic rings. The van der Waals surface area contributed by atoms with E-state index >= 15 is 0 Å². The number of nitrogens with zero attached hydrogens (tertiary/aromatic N) is 3. The van der Waals surface area contributed by atoms with Crippen LogP contribution in [0.5, 0.6) is 0 Å². The third kappa shape index (κ3) is 4.28. The molecule has 0 atom stereocenters. The largest absolute Gasteiger partial charge is 0.396 e. The zero-order chi connectivity index (χ0) is 16.8. The van der Waals surface area contributed by atoms with Gasteiger partial charge in [-0.05, 0) is 17.7 Å². The summed E-state index contributed by atoms with van der Waals surface area (Å²) in [5.74, 6) is 0. The zero-order valence-electron chi connectivity index (χ0n) is 12.6. The van der Waals surface area contributed by atoms with Gasteiger partial charge in [0.05, 0.1) is 29.9 Å². The van der Waals surface area contributed by atoms with Crippen molar-refractivity contribution in [3.8, 4) is 6.07 Å². The van der Waals surface area contributed by atoms with E-state index < -0.39 is 10.3 Å². The summed E-state index contributed by atoms with van der Waals surface area (Å²) in [5, 5.41) is 38.4. The van der Waals surface area contributed by atoms with E-state index in [4.69, 9.17) is 5.26 Å². The number of benzene rings is 1. The van der Waals surface area contributed by atoms with Crippen LogP contribution in [-0.2, 0) is 0 Å². The Hall–Kier alpha value is -2.43. The van der Waals surface area contributed by atoms with E-state index in [2.05, 4.69) is 0 Å². The van der Waals surface area contributed by atoms with Crippen LogP contribution < -0.4 is 0 Å². The summed E-state index contributed by atoms with van der Waals surface area (Å²) < 4.78 is 0. The van der Waals surface area contributed by atoms with E-state index in [1.807, 2.05) is 6.07 Å². The number of hydrogen-bond donors (Lipinski definition) is 2. The van der Waals surface area contributed by atoms with Crippen molar-refractivity contribution < 1.29 is 15.1 Å². The lowest BCUT2D eigenvalue weighted by Crippen LogP contribution is -2.38. The third-order valence-corrected chi connectivity index (χ3v) is 3.37. The highest BCUT2D eigenvalue weighted by molar-refractivity contribution is 5.67. The molecule has 118 valence electrons. The van der Waals surface area contributed by atoms with Crippen LogP contribution >= 0.6 is 0 Å². The van der Waals surface area contributed by atoms with Crippen LogP contribution in [0, 0.1) is 26.9 Å². The van der Waals surface area contributed by atoms with Crippen LogP contribution in [0.25, 0.3) is 5.70 Å². The fourth-order valence-corrected chi connectivity index (χ4v) is 2.04. The molecule has 0 spiro atoms. The van der Waals surface area contributed by atoms with E-state index in [1.165, 1.54) is 18.2 Å². The summed E-state index contributed by atoms with van der Waals surface area (Å²) in [6, 6.07) is 7.80. The Bertz CT molecular complexity index is 586. The van der Waals surface area contributed by atoms with Gasteiger partial charge in [-0.15, -0.1) is 0 Å². The third-order valence-electron chi connectivity index (χ3n) is 3.37. The van der Waals surface area contributed by atoms with Crippen molar-refractivity contribution in [3.63, 3.8) is 0 Å². The topological polar surface area (TPSA) is 111 Å². The van der Waals surface area contributed by atoms with Gasteiger partial charge in [-0.2, -0.15) is 5.26 Å². The molecule has 0 bridgehead atoms. The molecule has 0 heterocycles. The fourth-order valence-electron chi connectivity index (χ4n) is 2.04. The summed E-state index contributed by atoms with van der Waals surface area (Å²) in [5.41, 5.74) is 0.459. The number of rotatable bonds is 7. The van der Waals surface area contributed by atoms with Crippen LogP contribution in [0.1, 0.15) is 12.5 Å².